The Bertz CT molecular complexity index is 1520. The number of carbonyl (C=O) groups excluding carboxylic acids is 3. The van der Waals surface area contributed by atoms with Crippen molar-refractivity contribution < 1.29 is 48.8 Å². The van der Waals surface area contributed by atoms with Crippen LogP contribution in [0.5, 0.6) is 5.75 Å². The lowest BCUT2D eigenvalue weighted by molar-refractivity contribution is -0.145. The van der Waals surface area contributed by atoms with Gasteiger partial charge in [-0.15, -0.1) is 0 Å². The first-order chi connectivity index (χ1) is 21.7. The number of amides is 3. The summed E-state index contributed by atoms with van der Waals surface area (Å²) in [5.74, 6) is -5.57. The minimum Gasteiger partial charge on any atom is -0.508 e. The van der Waals surface area contributed by atoms with Gasteiger partial charge in [-0.3, -0.25) is 24.3 Å². The molecule has 3 aromatic carbocycles. The number of carbonyl (C=O) groups is 4. The van der Waals surface area contributed by atoms with E-state index in [0.717, 1.165) is 0 Å². The minimum absolute atomic E-state index is 0.0133. The summed E-state index contributed by atoms with van der Waals surface area (Å²) >= 11 is 0. The Hall–Kier alpha value is -4.59. The fourth-order valence-electron chi connectivity index (χ4n) is 4.55. The summed E-state index contributed by atoms with van der Waals surface area (Å²) in [7, 11) is -4.82. The Balaban J connectivity index is 1.77. The van der Waals surface area contributed by atoms with Crippen LogP contribution < -0.4 is 21.3 Å². The summed E-state index contributed by atoms with van der Waals surface area (Å²) in [6.45, 7) is 0.534. The summed E-state index contributed by atoms with van der Waals surface area (Å²) in [6, 6.07) is 18.1. The molecule has 3 aromatic rings. The van der Waals surface area contributed by atoms with Gasteiger partial charge in [0.25, 0.3) is 0 Å². The normalized spacial score (nSPS) is 14.6. The van der Waals surface area contributed by atoms with E-state index in [0.29, 0.717) is 11.1 Å². The first-order valence-electron chi connectivity index (χ1n) is 14.2. The molecule has 0 aliphatic rings. The van der Waals surface area contributed by atoms with E-state index in [1.165, 1.54) is 43.3 Å². The second-order valence-corrected chi connectivity index (χ2v) is 12.3. The van der Waals surface area contributed by atoms with E-state index in [-0.39, 0.29) is 24.2 Å². The molecule has 0 saturated heterocycles. The highest BCUT2D eigenvalue weighted by molar-refractivity contribution is 7.52. The van der Waals surface area contributed by atoms with E-state index in [2.05, 4.69) is 21.3 Å². The number of rotatable bonds is 16. The maximum absolute atomic E-state index is 13.4. The van der Waals surface area contributed by atoms with Crippen molar-refractivity contribution in [2.45, 2.75) is 49.8 Å². The number of aliphatic hydroxyl groups is 1. The second-order valence-electron chi connectivity index (χ2n) is 10.6. The number of aliphatic hydroxyl groups excluding tert-OH is 1. The van der Waals surface area contributed by atoms with Crippen LogP contribution in [0.3, 0.4) is 0 Å². The smallest absolute Gasteiger partial charge is 0.346 e. The average Bonchev–Trinajstić information content (AvgIpc) is 3.01. The van der Waals surface area contributed by atoms with Crippen molar-refractivity contribution >= 4 is 31.3 Å². The van der Waals surface area contributed by atoms with Gasteiger partial charge >= 0.3 is 13.6 Å². The van der Waals surface area contributed by atoms with E-state index in [9.17, 15) is 48.8 Å². The lowest BCUT2D eigenvalue weighted by atomic mass is 10.0. The van der Waals surface area contributed by atoms with Gasteiger partial charge in [-0.25, -0.2) is 4.79 Å². The molecule has 0 saturated carbocycles. The van der Waals surface area contributed by atoms with E-state index < -0.39 is 67.8 Å². The van der Waals surface area contributed by atoms with E-state index in [1.54, 1.807) is 48.5 Å². The van der Waals surface area contributed by atoms with Crippen molar-refractivity contribution in [1.82, 2.24) is 21.3 Å². The maximum atomic E-state index is 13.4. The van der Waals surface area contributed by atoms with Gasteiger partial charge in [-0.2, -0.15) is 0 Å². The minimum atomic E-state index is -4.82. The number of phenols is 1. The maximum Gasteiger partial charge on any atom is 0.346 e. The molecule has 246 valence electrons. The average molecular weight is 657 g/mol. The van der Waals surface area contributed by atoms with Gasteiger partial charge in [0.1, 0.15) is 17.6 Å². The fourth-order valence-corrected chi connectivity index (χ4v) is 5.48. The Labute approximate surface area is 265 Å². The van der Waals surface area contributed by atoms with Gasteiger partial charge in [-0.05, 0) is 42.2 Å². The molecule has 46 heavy (non-hydrogen) atoms. The number of benzene rings is 3. The third kappa shape index (κ3) is 11.1. The lowest BCUT2D eigenvalue weighted by Crippen LogP contribution is -2.56. The summed E-state index contributed by atoms with van der Waals surface area (Å²) in [5.41, 5.74) is 1.43. The Morgan fingerprint density at radius 3 is 1.85 bits per heavy atom. The fraction of sp³-hybridized carbons (Fsp3) is 0.290. The van der Waals surface area contributed by atoms with Crippen LogP contribution in [-0.2, 0) is 36.6 Å². The van der Waals surface area contributed by atoms with Crippen LogP contribution in [-0.4, -0.2) is 79.6 Å². The summed E-state index contributed by atoms with van der Waals surface area (Å²) in [4.78, 5) is 71.2. The van der Waals surface area contributed by atoms with E-state index >= 15 is 0 Å². The molecular formula is C31H37N4O10P. The monoisotopic (exact) mass is 656 g/mol. The van der Waals surface area contributed by atoms with Crippen LogP contribution in [0.1, 0.15) is 29.4 Å². The van der Waals surface area contributed by atoms with Crippen LogP contribution in [0.2, 0.25) is 0 Å². The number of carboxylic acids is 1. The molecule has 15 heteroatoms. The van der Waals surface area contributed by atoms with Crippen molar-refractivity contribution in [3.63, 3.8) is 0 Å². The van der Waals surface area contributed by atoms with Crippen molar-refractivity contribution in [1.29, 1.82) is 0 Å². The van der Waals surface area contributed by atoms with Crippen molar-refractivity contribution in [3.05, 3.63) is 102 Å². The molecule has 14 nitrogen and oxygen atoms in total. The number of carboxylic acid groups (broad SMARTS) is 1. The number of hydrogen-bond acceptors (Lipinski definition) is 8. The third-order valence-corrected chi connectivity index (χ3v) is 8.03. The van der Waals surface area contributed by atoms with E-state index in [4.69, 9.17) is 0 Å². The quantitative estimate of drug-likeness (QED) is 0.0967. The molecule has 3 rings (SSSR count). The van der Waals surface area contributed by atoms with Gasteiger partial charge in [0.15, 0.2) is 6.04 Å². The topological polar surface area (TPSA) is 235 Å². The van der Waals surface area contributed by atoms with Crippen molar-refractivity contribution in [2.24, 2.45) is 0 Å². The van der Waals surface area contributed by atoms with Gasteiger partial charge in [0.2, 0.25) is 17.7 Å². The third-order valence-electron chi connectivity index (χ3n) is 6.91. The van der Waals surface area contributed by atoms with Gasteiger partial charge in [0, 0.05) is 6.42 Å². The Morgan fingerprint density at radius 1 is 0.761 bits per heavy atom. The zero-order chi connectivity index (χ0) is 33.9. The molecule has 5 atom stereocenters. The molecule has 1 unspecified atom stereocenters. The van der Waals surface area contributed by atoms with Crippen molar-refractivity contribution in [2.75, 3.05) is 6.54 Å². The highest BCUT2D eigenvalue weighted by Crippen LogP contribution is 2.50. The SMILES string of the molecule is C[C@@H](O)[C@H](NC(=O)[C@H](Cc1ccc(O)cc1)NC(=O)CNC(=O)[C@H](Cc1ccccc1)NC(c1ccccc1)P(=O)(O)O)C(=O)O. The Morgan fingerprint density at radius 2 is 1.30 bits per heavy atom. The second kappa shape index (κ2) is 16.6. The standard InChI is InChI=1S/C31H37N4O10P/c1-19(36)27(31(41)42)35-29(40)25(17-21-12-14-23(37)15-13-21)33-26(38)18-32-28(39)24(16-20-8-4-2-5-9-20)34-30(46(43,44)45)22-10-6-3-7-11-22/h2-15,19,24-25,27,30,34,36-37H,16-18H2,1H3,(H,32,39)(H,33,38)(H,35,40)(H,41,42)(H2,43,44,45)/t19-,24+,25+,27+,30?/m1/s1. The van der Waals surface area contributed by atoms with Gasteiger partial charge in [0.05, 0.1) is 18.7 Å². The molecule has 3 amide bonds. The predicted molar refractivity (Wildman–Crippen MR) is 166 cm³/mol. The number of nitrogens with one attached hydrogen (secondary N) is 4. The molecule has 0 aliphatic carbocycles. The predicted octanol–water partition coefficient (Wildman–Crippen LogP) is 0.563. The van der Waals surface area contributed by atoms with Crippen LogP contribution in [0.15, 0.2) is 84.9 Å². The van der Waals surface area contributed by atoms with E-state index in [1.807, 2.05) is 0 Å². The molecule has 0 fully saturated rings. The zero-order valence-electron chi connectivity index (χ0n) is 24.8. The molecule has 0 aromatic heterocycles. The summed E-state index contributed by atoms with van der Waals surface area (Å²) in [6.07, 6.45) is -1.57. The van der Waals surface area contributed by atoms with Crippen LogP contribution >= 0.6 is 7.60 Å². The van der Waals surface area contributed by atoms with Gasteiger partial charge in [-0.1, -0.05) is 72.8 Å². The molecule has 0 radical (unpaired) electrons. The van der Waals surface area contributed by atoms with Crippen molar-refractivity contribution in [3.8, 4) is 5.75 Å². The summed E-state index contributed by atoms with van der Waals surface area (Å²) < 4.78 is 12.5. The highest BCUT2D eigenvalue weighted by atomic mass is 31.2. The molecule has 0 heterocycles. The zero-order valence-corrected chi connectivity index (χ0v) is 25.7. The number of phenolic OH excluding ortho intramolecular Hbond substituents is 1. The molecule has 9 N–H and O–H groups in total. The largest absolute Gasteiger partial charge is 0.508 e. The number of aliphatic carboxylic acids is 1. The molecular weight excluding hydrogens is 619 g/mol. The lowest BCUT2D eigenvalue weighted by Gasteiger charge is -2.26. The number of hydrogen-bond donors (Lipinski definition) is 9. The molecule has 0 spiro atoms. The molecule has 0 aliphatic heterocycles. The van der Waals surface area contributed by atoms with Crippen LogP contribution in [0.4, 0.5) is 0 Å². The van der Waals surface area contributed by atoms with Gasteiger partial charge < -0.3 is 41.1 Å². The summed E-state index contributed by atoms with van der Waals surface area (Å²) in [5, 5.41) is 38.6. The first-order valence-corrected chi connectivity index (χ1v) is 15.9. The van der Waals surface area contributed by atoms with Crippen LogP contribution in [0.25, 0.3) is 0 Å². The first kappa shape index (κ1) is 35.9. The highest BCUT2D eigenvalue weighted by Gasteiger charge is 2.35. The molecule has 0 bridgehead atoms. The Kier molecular flexibility index (Phi) is 13.0. The van der Waals surface area contributed by atoms with Crippen LogP contribution in [0, 0.1) is 0 Å². The number of aromatic hydroxyl groups is 1.